The van der Waals surface area contributed by atoms with Crippen molar-refractivity contribution in [3.63, 3.8) is 0 Å². The summed E-state index contributed by atoms with van der Waals surface area (Å²) in [5, 5.41) is 14.9. The number of fused-ring (bicyclic) bond motifs is 1. The lowest BCUT2D eigenvalue weighted by molar-refractivity contribution is 0.0860. The lowest BCUT2D eigenvalue weighted by Gasteiger charge is -2.17. The first-order valence-corrected chi connectivity index (χ1v) is 6.74. The molecule has 1 aliphatic carbocycles. The largest absolute Gasteiger partial charge is 0.390 e. The molecular weight excluding hydrogens is 246 g/mol. The van der Waals surface area contributed by atoms with E-state index >= 15 is 0 Å². The molecule has 0 fully saturated rings. The minimum atomic E-state index is -0.514. The molecule has 2 atom stereocenters. The number of aliphatic hydroxyl groups excluding tert-OH is 1. The zero-order valence-electron chi connectivity index (χ0n) is 9.67. The quantitative estimate of drug-likeness (QED) is 0.868. The van der Waals surface area contributed by atoms with Gasteiger partial charge >= 0.3 is 0 Å². The van der Waals surface area contributed by atoms with Crippen molar-refractivity contribution in [1.82, 2.24) is 5.32 Å². The Balaban J connectivity index is 1.80. The maximum atomic E-state index is 12.1. The van der Waals surface area contributed by atoms with E-state index in [2.05, 4.69) is 5.32 Å². The summed E-state index contributed by atoms with van der Waals surface area (Å²) < 4.78 is 0. The summed E-state index contributed by atoms with van der Waals surface area (Å²) >= 11 is 1.59. The third kappa shape index (κ3) is 1.94. The van der Waals surface area contributed by atoms with Crippen LogP contribution in [0.2, 0.25) is 0 Å². The van der Waals surface area contributed by atoms with Gasteiger partial charge in [-0.25, -0.2) is 0 Å². The molecule has 92 valence electrons. The first-order valence-electron chi connectivity index (χ1n) is 5.86. The van der Waals surface area contributed by atoms with E-state index < -0.39 is 6.10 Å². The van der Waals surface area contributed by atoms with Gasteiger partial charge in [-0.05, 0) is 29.1 Å². The van der Waals surface area contributed by atoms with Crippen LogP contribution in [0, 0.1) is 0 Å². The number of hydrogen-bond donors (Lipinski definition) is 2. The van der Waals surface area contributed by atoms with E-state index in [0.29, 0.717) is 12.0 Å². The van der Waals surface area contributed by atoms with Crippen LogP contribution in [0.4, 0.5) is 0 Å². The maximum Gasteiger partial charge on any atom is 0.251 e. The van der Waals surface area contributed by atoms with Crippen LogP contribution in [0.5, 0.6) is 0 Å². The zero-order chi connectivity index (χ0) is 12.5. The van der Waals surface area contributed by atoms with Crippen LogP contribution in [-0.4, -0.2) is 17.1 Å². The molecule has 0 saturated heterocycles. The fourth-order valence-electron chi connectivity index (χ4n) is 2.28. The van der Waals surface area contributed by atoms with Crippen molar-refractivity contribution >= 4 is 17.2 Å². The van der Waals surface area contributed by atoms with Gasteiger partial charge in [0.15, 0.2) is 0 Å². The van der Waals surface area contributed by atoms with Gasteiger partial charge in [0.1, 0.15) is 0 Å². The Morgan fingerprint density at radius 3 is 2.83 bits per heavy atom. The molecule has 1 aromatic carbocycles. The Hall–Kier alpha value is -1.65. The van der Waals surface area contributed by atoms with Gasteiger partial charge in [0.25, 0.3) is 5.91 Å². The van der Waals surface area contributed by atoms with E-state index in [1.165, 1.54) is 0 Å². The molecule has 0 radical (unpaired) electrons. The lowest BCUT2D eigenvalue weighted by Crippen LogP contribution is -2.33. The van der Waals surface area contributed by atoms with Crippen molar-refractivity contribution < 1.29 is 9.90 Å². The molecule has 0 spiro atoms. The van der Waals surface area contributed by atoms with Gasteiger partial charge in [-0.3, -0.25) is 4.79 Å². The van der Waals surface area contributed by atoms with Crippen LogP contribution < -0.4 is 5.32 Å². The van der Waals surface area contributed by atoms with Gasteiger partial charge in [0.2, 0.25) is 0 Å². The van der Waals surface area contributed by atoms with Crippen LogP contribution in [-0.2, 0) is 6.42 Å². The predicted octanol–water partition coefficient (Wildman–Crippen LogP) is 2.14. The Bertz CT molecular complexity index is 564. The topological polar surface area (TPSA) is 49.3 Å². The monoisotopic (exact) mass is 259 g/mol. The fourth-order valence-corrected chi connectivity index (χ4v) is 3.33. The Morgan fingerprint density at radius 1 is 1.28 bits per heavy atom. The van der Waals surface area contributed by atoms with Gasteiger partial charge in [0, 0.05) is 16.9 Å². The lowest BCUT2D eigenvalue weighted by atomic mass is 10.1. The summed E-state index contributed by atoms with van der Waals surface area (Å²) in [6.45, 7) is 0. The number of thiophene rings is 1. The Morgan fingerprint density at radius 2 is 2.06 bits per heavy atom. The molecule has 1 amide bonds. The minimum Gasteiger partial charge on any atom is -0.390 e. The van der Waals surface area contributed by atoms with Gasteiger partial charge in [-0.2, -0.15) is 0 Å². The van der Waals surface area contributed by atoms with Gasteiger partial charge < -0.3 is 10.4 Å². The molecule has 3 rings (SSSR count). The summed E-state index contributed by atoms with van der Waals surface area (Å²) in [6.07, 6.45) is 0.110. The minimum absolute atomic E-state index is 0.138. The molecule has 0 saturated carbocycles. The van der Waals surface area contributed by atoms with Gasteiger partial charge in [-0.15, -0.1) is 11.3 Å². The highest BCUT2D eigenvalue weighted by Gasteiger charge is 2.33. The molecule has 4 heteroatoms. The van der Waals surface area contributed by atoms with Crippen molar-refractivity contribution in [2.45, 2.75) is 18.6 Å². The molecule has 3 nitrogen and oxygen atoms in total. The van der Waals surface area contributed by atoms with Gasteiger partial charge in [0.05, 0.1) is 12.1 Å². The second kappa shape index (κ2) is 4.55. The Labute approximate surface area is 109 Å². The summed E-state index contributed by atoms with van der Waals surface area (Å²) in [5.41, 5.74) is 1.76. The summed E-state index contributed by atoms with van der Waals surface area (Å²) in [6, 6.07) is 10.8. The molecule has 2 N–H and O–H groups in total. The summed E-state index contributed by atoms with van der Waals surface area (Å²) in [5.74, 6) is -0.138. The summed E-state index contributed by atoms with van der Waals surface area (Å²) in [7, 11) is 0. The second-order valence-corrected chi connectivity index (χ2v) is 5.35. The van der Waals surface area contributed by atoms with Crippen molar-refractivity contribution in [3.8, 4) is 0 Å². The van der Waals surface area contributed by atoms with E-state index in [9.17, 15) is 9.90 Å². The molecule has 0 unspecified atom stereocenters. The molecule has 0 aliphatic heterocycles. The number of amides is 1. The predicted molar refractivity (Wildman–Crippen MR) is 70.7 cm³/mol. The normalized spacial score (nSPS) is 21.6. The van der Waals surface area contributed by atoms with Crippen LogP contribution in [0.25, 0.3) is 0 Å². The number of benzene rings is 1. The van der Waals surface area contributed by atoms with Crippen molar-refractivity contribution in [2.24, 2.45) is 0 Å². The zero-order valence-corrected chi connectivity index (χ0v) is 10.5. The number of aliphatic hydroxyl groups is 1. The number of rotatable bonds is 2. The average molecular weight is 259 g/mol. The number of hydrogen-bond acceptors (Lipinski definition) is 3. The molecule has 1 aromatic heterocycles. The van der Waals surface area contributed by atoms with Crippen molar-refractivity contribution in [1.29, 1.82) is 0 Å². The molecule has 1 aliphatic rings. The second-order valence-electron chi connectivity index (χ2n) is 4.40. The van der Waals surface area contributed by atoms with E-state index in [-0.39, 0.29) is 11.9 Å². The van der Waals surface area contributed by atoms with E-state index in [4.69, 9.17) is 0 Å². The third-order valence-electron chi connectivity index (χ3n) is 3.20. The SMILES string of the molecule is O=C(N[C@H]1c2sccc2C[C@H]1O)c1ccccc1. The van der Waals surface area contributed by atoms with Crippen LogP contribution in [0.1, 0.15) is 26.8 Å². The average Bonchev–Trinajstić information content (AvgIpc) is 2.94. The highest BCUT2D eigenvalue weighted by Crippen LogP contribution is 2.35. The van der Waals surface area contributed by atoms with Crippen LogP contribution >= 0.6 is 11.3 Å². The molecule has 0 bridgehead atoms. The highest BCUT2D eigenvalue weighted by molar-refractivity contribution is 7.10. The van der Waals surface area contributed by atoms with Crippen LogP contribution in [0.3, 0.4) is 0 Å². The van der Waals surface area contributed by atoms with E-state index in [1.807, 2.05) is 29.6 Å². The van der Waals surface area contributed by atoms with Crippen molar-refractivity contribution in [2.75, 3.05) is 0 Å². The number of nitrogens with one attached hydrogen (secondary N) is 1. The number of carbonyl (C=O) groups excluding carboxylic acids is 1. The maximum absolute atomic E-state index is 12.1. The fraction of sp³-hybridized carbons (Fsp3) is 0.214. The molecule has 1 heterocycles. The molecular formula is C14H13NO2S. The molecule has 2 aromatic rings. The molecule has 18 heavy (non-hydrogen) atoms. The van der Waals surface area contributed by atoms with Crippen molar-refractivity contribution in [3.05, 3.63) is 57.8 Å². The Kier molecular flexibility index (Phi) is 2.89. The first-order chi connectivity index (χ1) is 8.75. The third-order valence-corrected chi connectivity index (χ3v) is 4.24. The van der Waals surface area contributed by atoms with Crippen LogP contribution in [0.15, 0.2) is 41.8 Å². The van der Waals surface area contributed by atoms with Gasteiger partial charge in [-0.1, -0.05) is 18.2 Å². The highest BCUT2D eigenvalue weighted by atomic mass is 32.1. The van der Waals surface area contributed by atoms with E-state index in [0.717, 1.165) is 10.4 Å². The first kappa shape index (κ1) is 11.4. The number of carbonyl (C=O) groups is 1. The summed E-state index contributed by atoms with van der Waals surface area (Å²) in [4.78, 5) is 13.1. The van der Waals surface area contributed by atoms with E-state index in [1.54, 1.807) is 23.5 Å². The standard InChI is InChI=1S/C14H13NO2S/c16-11-8-10-6-7-18-13(10)12(11)15-14(17)9-4-2-1-3-5-9/h1-7,11-12,16H,8H2,(H,15,17)/t11-,12-/m1/s1. The smallest absolute Gasteiger partial charge is 0.251 e.